The van der Waals surface area contributed by atoms with Crippen molar-refractivity contribution in [3.8, 4) is 17.2 Å². The Morgan fingerprint density at radius 3 is 2.19 bits per heavy atom. The lowest BCUT2D eigenvalue weighted by Gasteiger charge is -2.23. The zero-order chi connectivity index (χ0) is 20.0. The Morgan fingerprint density at radius 2 is 1.63 bits per heavy atom. The van der Waals surface area contributed by atoms with Gasteiger partial charge in [-0.3, -0.25) is 0 Å². The molecule has 0 bridgehead atoms. The first-order valence-corrected chi connectivity index (χ1v) is 8.76. The third kappa shape index (κ3) is 6.22. The lowest BCUT2D eigenvalue weighted by atomic mass is 10.1. The quantitative estimate of drug-likeness (QED) is 0.616. The van der Waals surface area contributed by atoms with E-state index in [2.05, 4.69) is 6.58 Å². The molecule has 144 valence electrons. The average molecular weight is 391 g/mol. The predicted molar refractivity (Wildman–Crippen MR) is 105 cm³/mol. The number of carboxylic acids is 1. The lowest BCUT2D eigenvalue weighted by Crippen LogP contribution is -2.38. The summed E-state index contributed by atoms with van der Waals surface area (Å²) < 4.78 is 16.9. The molecule has 5 nitrogen and oxygen atoms in total. The molecule has 0 unspecified atom stereocenters. The van der Waals surface area contributed by atoms with Crippen molar-refractivity contribution >= 4 is 17.6 Å². The second-order valence-corrected chi connectivity index (χ2v) is 7.06. The van der Waals surface area contributed by atoms with Crippen LogP contribution >= 0.6 is 11.6 Å². The summed E-state index contributed by atoms with van der Waals surface area (Å²) in [5.41, 5.74) is 0.250. The van der Waals surface area contributed by atoms with Crippen LogP contribution in [0.5, 0.6) is 17.2 Å². The Bertz CT molecular complexity index is 812. The molecular weight excluding hydrogens is 368 g/mol. The van der Waals surface area contributed by atoms with Crippen molar-refractivity contribution < 1.29 is 24.1 Å². The van der Waals surface area contributed by atoms with Crippen LogP contribution in [0.4, 0.5) is 0 Å². The minimum atomic E-state index is -1.31. The van der Waals surface area contributed by atoms with Gasteiger partial charge in [0, 0.05) is 5.02 Å². The number of rotatable bonds is 9. The van der Waals surface area contributed by atoms with Gasteiger partial charge in [0.15, 0.2) is 5.60 Å². The molecule has 0 aliphatic rings. The molecule has 0 atom stereocenters. The molecule has 2 aromatic rings. The van der Waals surface area contributed by atoms with Gasteiger partial charge in [-0.05, 0) is 74.4 Å². The Balaban J connectivity index is 1.86. The van der Waals surface area contributed by atoms with Crippen LogP contribution in [0, 0.1) is 6.92 Å². The van der Waals surface area contributed by atoms with E-state index in [9.17, 15) is 4.79 Å². The van der Waals surface area contributed by atoms with E-state index in [0.29, 0.717) is 35.5 Å². The standard InChI is InChI=1S/C21H23ClO5/c1-14(12-25-17-7-5-16(22)6-8-17)13-26-18-9-10-19(15(2)11-18)27-21(3,4)20(23)24/h5-11H,1,12-13H2,2-4H3,(H,23,24). The number of ether oxygens (including phenoxy) is 3. The summed E-state index contributed by atoms with van der Waals surface area (Å²) in [5, 5.41) is 9.81. The third-order valence-electron chi connectivity index (χ3n) is 3.73. The van der Waals surface area contributed by atoms with Crippen molar-refractivity contribution in [2.75, 3.05) is 13.2 Å². The monoisotopic (exact) mass is 390 g/mol. The first-order chi connectivity index (χ1) is 12.7. The molecule has 0 heterocycles. The van der Waals surface area contributed by atoms with E-state index in [1.54, 1.807) is 42.5 Å². The third-order valence-corrected chi connectivity index (χ3v) is 3.98. The van der Waals surface area contributed by atoms with Crippen molar-refractivity contribution in [1.82, 2.24) is 0 Å². The van der Waals surface area contributed by atoms with Crippen LogP contribution in [0.3, 0.4) is 0 Å². The summed E-state index contributed by atoms with van der Waals surface area (Å²) in [6.07, 6.45) is 0. The van der Waals surface area contributed by atoms with Crippen molar-refractivity contribution in [3.63, 3.8) is 0 Å². The molecule has 0 fully saturated rings. The van der Waals surface area contributed by atoms with Gasteiger partial charge in [0.2, 0.25) is 0 Å². The number of aryl methyl sites for hydroxylation is 1. The van der Waals surface area contributed by atoms with Crippen LogP contribution in [0.2, 0.25) is 5.02 Å². The van der Waals surface area contributed by atoms with Crippen molar-refractivity contribution in [3.05, 3.63) is 65.2 Å². The van der Waals surface area contributed by atoms with Crippen LogP contribution < -0.4 is 14.2 Å². The van der Waals surface area contributed by atoms with Gasteiger partial charge in [-0.2, -0.15) is 0 Å². The zero-order valence-electron chi connectivity index (χ0n) is 15.6. The molecule has 2 rings (SSSR count). The molecule has 1 N–H and O–H groups in total. The van der Waals surface area contributed by atoms with Crippen molar-refractivity contribution in [2.24, 2.45) is 0 Å². The average Bonchev–Trinajstić information content (AvgIpc) is 2.61. The van der Waals surface area contributed by atoms with Crippen LogP contribution in [-0.2, 0) is 4.79 Å². The fraction of sp³-hybridized carbons (Fsp3) is 0.286. The van der Waals surface area contributed by atoms with E-state index >= 15 is 0 Å². The van der Waals surface area contributed by atoms with Crippen molar-refractivity contribution in [2.45, 2.75) is 26.4 Å². The first kappa shape index (κ1) is 20.6. The SMILES string of the molecule is C=C(COc1ccc(Cl)cc1)COc1ccc(OC(C)(C)C(=O)O)c(C)c1. The van der Waals surface area contributed by atoms with Crippen molar-refractivity contribution in [1.29, 1.82) is 0 Å². The summed E-state index contributed by atoms with van der Waals surface area (Å²) in [4.78, 5) is 11.2. The summed E-state index contributed by atoms with van der Waals surface area (Å²) in [5.74, 6) is 0.818. The lowest BCUT2D eigenvalue weighted by molar-refractivity contribution is -0.152. The maximum Gasteiger partial charge on any atom is 0.347 e. The van der Waals surface area contributed by atoms with E-state index in [0.717, 1.165) is 11.1 Å². The molecular formula is C21H23ClO5. The number of halogens is 1. The number of hydrogen-bond acceptors (Lipinski definition) is 4. The summed E-state index contributed by atoms with van der Waals surface area (Å²) in [7, 11) is 0. The molecule has 0 aromatic heterocycles. The fourth-order valence-corrected chi connectivity index (χ4v) is 2.21. The molecule has 0 spiro atoms. The minimum Gasteiger partial charge on any atom is -0.489 e. The molecule has 6 heteroatoms. The number of carbonyl (C=O) groups is 1. The second-order valence-electron chi connectivity index (χ2n) is 6.63. The number of aliphatic carboxylic acids is 1. The topological polar surface area (TPSA) is 65.0 Å². The second kappa shape index (κ2) is 8.82. The van der Waals surface area contributed by atoms with Crippen LogP contribution in [0.25, 0.3) is 0 Å². The van der Waals surface area contributed by atoms with E-state index in [1.165, 1.54) is 13.8 Å². The maximum absolute atomic E-state index is 11.2. The predicted octanol–water partition coefficient (Wildman–Crippen LogP) is 4.90. The smallest absolute Gasteiger partial charge is 0.347 e. The van der Waals surface area contributed by atoms with Gasteiger partial charge < -0.3 is 19.3 Å². The Labute approximate surface area is 164 Å². The normalized spacial score (nSPS) is 11.0. The Morgan fingerprint density at radius 1 is 1.07 bits per heavy atom. The number of carboxylic acid groups (broad SMARTS) is 1. The van der Waals surface area contributed by atoms with E-state index in [-0.39, 0.29) is 0 Å². The minimum absolute atomic E-state index is 0.299. The highest BCUT2D eigenvalue weighted by atomic mass is 35.5. The first-order valence-electron chi connectivity index (χ1n) is 8.38. The fourth-order valence-electron chi connectivity index (χ4n) is 2.09. The summed E-state index contributed by atoms with van der Waals surface area (Å²) >= 11 is 5.84. The Hall–Kier alpha value is -2.66. The summed E-state index contributed by atoms with van der Waals surface area (Å²) in [6.45, 7) is 9.41. The number of hydrogen-bond donors (Lipinski definition) is 1. The largest absolute Gasteiger partial charge is 0.489 e. The van der Waals surface area contributed by atoms with Crippen LogP contribution in [0.15, 0.2) is 54.6 Å². The van der Waals surface area contributed by atoms with Gasteiger partial charge in [0.05, 0.1) is 0 Å². The van der Waals surface area contributed by atoms with Gasteiger partial charge >= 0.3 is 5.97 Å². The highest BCUT2D eigenvalue weighted by molar-refractivity contribution is 6.30. The van der Waals surface area contributed by atoms with E-state index < -0.39 is 11.6 Å². The zero-order valence-corrected chi connectivity index (χ0v) is 16.4. The molecule has 0 saturated heterocycles. The van der Waals surface area contributed by atoms with Gasteiger partial charge in [0.1, 0.15) is 30.5 Å². The Kier molecular flexibility index (Phi) is 6.75. The molecule has 0 amide bonds. The van der Waals surface area contributed by atoms with Crippen LogP contribution in [-0.4, -0.2) is 29.9 Å². The molecule has 0 saturated carbocycles. The highest BCUT2D eigenvalue weighted by Crippen LogP contribution is 2.27. The summed E-state index contributed by atoms with van der Waals surface area (Å²) in [6, 6.07) is 12.3. The van der Waals surface area contributed by atoms with E-state index in [1.807, 2.05) is 6.92 Å². The number of benzene rings is 2. The highest BCUT2D eigenvalue weighted by Gasteiger charge is 2.29. The molecule has 0 aliphatic heterocycles. The van der Waals surface area contributed by atoms with Crippen LogP contribution in [0.1, 0.15) is 19.4 Å². The maximum atomic E-state index is 11.2. The van der Waals surface area contributed by atoms with Gasteiger partial charge in [-0.1, -0.05) is 18.2 Å². The van der Waals surface area contributed by atoms with Gasteiger partial charge in [-0.15, -0.1) is 0 Å². The molecule has 0 radical (unpaired) electrons. The molecule has 2 aromatic carbocycles. The van der Waals surface area contributed by atoms with Gasteiger partial charge in [-0.25, -0.2) is 4.79 Å². The van der Waals surface area contributed by atoms with E-state index in [4.69, 9.17) is 30.9 Å². The molecule has 0 aliphatic carbocycles. The molecule has 27 heavy (non-hydrogen) atoms. The van der Waals surface area contributed by atoms with Gasteiger partial charge in [0.25, 0.3) is 0 Å².